The average molecular weight is 286 g/mol. The van der Waals surface area contributed by atoms with Crippen LogP contribution in [0.4, 0.5) is 5.69 Å². The van der Waals surface area contributed by atoms with E-state index in [-0.39, 0.29) is 30.3 Å². The molecule has 1 saturated carbocycles. The van der Waals surface area contributed by atoms with Crippen molar-refractivity contribution in [3.63, 3.8) is 0 Å². The first-order chi connectivity index (χ1) is 10.1. The van der Waals surface area contributed by atoms with Crippen LogP contribution in [0.25, 0.3) is 0 Å². The van der Waals surface area contributed by atoms with Crippen LogP contribution in [0.15, 0.2) is 24.3 Å². The molecule has 1 aliphatic carbocycles. The zero-order valence-electron chi connectivity index (χ0n) is 12.6. The molecule has 3 unspecified atom stereocenters. The summed E-state index contributed by atoms with van der Waals surface area (Å²) in [5.41, 5.74) is 2.12. The average Bonchev–Trinajstić information content (AvgIpc) is 2.70. The summed E-state index contributed by atoms with van der Waals surface area (Å²) < 4.78 is 0. The number of benzene rings is 1. The number of fused-ring (bicyclic) bond motifs is 1. The Morgan fingerprint density at radius 2 is 1.76 bits per heavy atom. The third kappa shape index (κ3) is 2.67. The number of aryl methyl sites for hydroxylation is 1. The summed E-state index contributed by atoms with van der Waals surface area (Å²) in [4.78, 5) is 26.2. The van der Waals surface area contributed by atoms with Crippen LogP contribution in [-0.2, 0) is 9.59 Å². The van der Waals surface area contributed by atoms with Gasteiger partial charge in [0.2, 0.25) is 11.8 Å². The third-order valence-electron chi connectivity index (χ3n) is 4.77. The molecular formula is C17H22N2O2. The summed E-state index contributed by atoms with van der Waals surface area (Å²) in [5.74, 6) is 0.412. The molecule has 112 valence electrons. The molecule has 1 N–H and O–H groups in total. The molecule has 0 spiro atoms. The van der Waals surface area contributed by atoms with Gasteiger partial charge in [-0.1, -0.05) is 24.6 Å². The van der Waals surface area contributed by atoms with E-state index in [9.17, 15) is 9.59 Å². The lowest BCUT2D eigenvalue weighted by Gasteiger charge is -2.25. The Labute approximate surface area is 125 Å². The van der Waals surface area contributed by atoms with Gasteiger partial charge in [-0.05, 0) is 44.2 Å². The van der Waals surface area contributed by atoms with Gasteiger partial charge in [0.25, 0.3) is 0 Å². The highest BCUT2D eigenvalue weighted by Gasteiger charge is 2.49. The Bertz CT molecular complexity index is 552. The van der Waals surface area contributed by atoms with Crippen molar-refractivity contribution in [3.05, 3.63) is 29.8 Å². The Morgan fingerprint density at radius 3 is 2.48 bits per heavy atom. The van der Waals surface area contributed by atoms with E-state index < -0.39 is 0 Å². The fourth-order valence-electron chi connectivity index (χ4n) is 3.46. The summed E-state index contributed by atoms with van der Waals surface area (Å²) in [6, 6.07) is 7.96. The predicted octanol–water partition coefficient (Wildman–Crippen LogP) is 2.79. The van der Waals surface area contributed by atoms with Crippen molar-refractivity contribution < 1.29 is 9.59 Å². The van der Waals surface area contributed by atoms with Gasteiger partial charge in [-0.25, -0.2) is 0 Å². The Balaban J connectivity index is 1.67. The van der Waals surface area contributed by atoms with Crippen LogP contribution in [0.1, 0.15) is 31.7 Å². The third-order valence-corrected chi connectivity index (χ3v) is 4.77. The van der Waals surface area contributed by atoms with Gasteiger partial charge in [0.1, 0.15) is 0 Å². The van der Waals surface area contributed by atoms with Crippen molar-refractivity contribution >= 4 is 17.5 Å². The molecule has 3 atom stereocenters. The van der Waals surface area contributed by atoms with Crippen LogP contribution >= 0.6 is 0 Å². The molecule has 1 aliphatic heterocycles. The fourth-order valence-corrected chi connectivity index (χ4v) is 3.46. The Morgan fingerprint density at radius 1 is 1.10 bits per heavy atom. The quantitative estimate of drug-likeness (QED) is 0.869. The van der Waals surface area contributed by atoms with E-state index in [1.54, 1.807) is 0 Å². The maximum Gasteiger partial charge on any atom is 0.234 e. The normalized spacial score (nSPS) is 28.7. The minimum Gasteiger partial charge on any atom is -0.367 e. The number of carbonyl (C=O) groups is 2. The Hall–Kier alpha value is -1.84. The first-order valence-corrected chi connectivity index (χ1v) is 7.72. The molecule has 3 rings (SSSR count). The van der Waals surface area contributed by atoms with Crippen molar-refractivity contribution in [2.24, 2.45) is 17.8 Å². The molecular weight excluding hydrogens is 264 g/mol. The second-order valence-electron chi connectivity index (χ2n) is 6.44. The highest BCUT2D eigenvalue weighted by atomic mass is 16.2. The summed E-state index contributed by atoms with van der Waals surface area (Å²) in [7, 11) is 0. The lowest BCUT2D eigenvalue weighted by Crippen LogP contribution is -2.35. The molecule has 4 heteroatoms. The van der Waals surface area contributed by atoms with Crippen LogP contribution in [0.5, 0.6) is 0 Å². The smallest absolute Gasteiger partial charge is 0.234 e. The van der Waals surface area contributed by atoms with Gasteiger partial charge in [-0.3, -0.25) is 14.5 Å². The maximum absolute atomic E-state index is 12.4. The van der Waals surface area contributed by atoms with Crippen LogP contribution in [0.3, 0.4) is 0 Å². The number of imide groups is 1. The predicted molar refractivity (Wildman–Crippen MR) is 81.5 cm³/mol. The number of amides is 2. The van der Waals surface area contributed by atoms with Gasteiger partial charge in [-0.15, -0.1) is 0 Å². The lowest BCUT2D eigenvalue weighted by atomic mass is 9.76. The van der Waals surface area contributed by atoms with Gasteiger partial charge >= 0.3 is 0 Å². The van der Waals surface area contributed by atoms with E-state index in [0.29, 0.717) is 5.92 Å². The summed E-state index contributed by atoms with van der Waals surface area (Å²) >= 11 is 0. The minimum atomic E-state index is -0.0823. The number of hydrogen-bond donors (Lipinski definition) is 1. The minimum absolute atomic E-state index is 0.0103. The van der Waals surface area contributed by atoms with Crippen molar-refractivity contribution in [1.29, 1.82) is 0 Å². The highest BCUT2D eigenvalue weighted by molar-refractivity contribution is 6.05. The number of likely N-dealkylation sites (tertiary alicyclic amines) is 1. The van der Waals surface area contributed by atoms with Gasteiger partial charge in [0, 0.05) is 5.69 Å². The SMILES string of the molecule is Cc1ccc(NCN2C(=O)C3CCC(C)CC3C2=O)cc1. The van der Waals surface area contributed by atoms with E-state index in [1.165, 1.54) is 10.5 Å². The summed E-state index contributed by atoms with van der Waals surface area (Å²) in [6.45, 7) is 4.48. The van der Waals surface area contributed by atoms with E-state index in [2.05, 4.69) is 12.2 Å². The lowest BCUT2D eigenvalue weighted by molar-refractivity contribution is -0.139. The summed E-state index contributed by atoms with van der Waals surface area (Å²) in [5, 5.41) is 3.18. The fraction of sp³-hybridized carbons (Fsp3) is 0.529. The first-order valence-electron chi connectivity index (χ1n) is 7.72. The maximum atomic E-state index is 12.4. The highest BCUT2D eigenvalue weighted by Crippen LogP contribution is 2.40. The van der Waals surface area contributed by atoms with Gasteiger partial charge in [0.15, 0.2) is 0 Å². The molecule has 2 amide bonds. The number of hydrogen-bond acceptors (Lipinski definition) is 3. The molecule has 0 aromatic heterocycles. The summed E-state index contributed by atoms with van der Waals surface area (Å²) in [6.07, 6.45) is 2.77. The number of anilines is 1. The van der Waals surface area contributed by atoms with Gasteiger partial charge in [-0.2, -0.15) is 0 Å². The van der Waals surface area contributed by atoms with Crippen LogP contribution < -0.4 is 5.32 Å². The molecule has 1 heterocycles. The monoisotopic (exact) mass is 286 g/mol. The van der Waals surface area contributed by atoms with E-state index in [4.69, 9.17) is 0 Å². The van der Waals surface area contributed by atoms with Crippen LogP contribution in [0.2, 0.25) is 0 Å². The van der Waals surface area contributed by atoms with Crippen molar-refractivity contribution in [2.75, 3.05) is 12.0 Å². The van der Waals surface area contributed by atoms with Crippen molar-refractivity contribution in [1.82, 2.24) is 4.90 Å². The number of nitrogens with zero attached hydrogens (tertiary/aromatic N) is 1. The Kier molecular flexibility index (Phi) is 3.70. The number of rotatable bonds is 3. The molecule has 4 nitrogen and oxygen atoms in total. The van der Waals surface area contributed by atoms with E-state index in [1.807, 2.05) is 31.2 Å². The van der Waals surface area contributed by atoms with Gasteiger partial charge < -0.3 is 5.32 Å². The molecule has 0 bridgehead atoms. The van der Waals surface area contributed by atoms with E-state index >= 15 is 0 Å². The second kappa shape index (κ2) is 5.51. The molecule has 0 radical (unpaired) electrons. The van der Waals surface area contributed by atoms with Crippen LogP contribution in [-0.4, -0.2) is 23.4 Å². The largest absolute Gasteiger partial charge is 0.367 e. The van der Waals surface area contributed by atoms with Gasteiger partial charge in [0.05, 0.1) is 18.5 Å². The number of nitrogens with one attached hydrogen (secondary N) is 1. The van der Waals surface area contributed by atoms with E-state index in [0.717, 1.165) is 24.9 Å². The molecule has 21 heavy (non-hydrogen) atoms. The standard InChI is InChI=1S/C17H22N2O2/c1-11-3-6-13(7-4-11)18-10-19-16(20)14-8-5-12(2)9-15(14)17(19)21/h3-4,6-7,12,14-15,18H,5,8-10H2,1-2H3. The first kappa shape index (κ1) is 14.1. The zero-order chi connectivity index (χ0) is 15.0. The zero-order valence-corrected chi connectivity index (χ0v) is 12.6. The molecule has 1 aromatic rings. The molecule has 1 saturated heterocycles. The van der Waals surface area contributed by atoms with Crippen molar-refractivity contribution in [2.45, 2.75) is 33.1 Å². The second-order valence-corrected chi connectivity index (χ2v) is 6.44. The van der Waals surface area contributed by atoms with Crippen LogP contribution in [0, 0.1) is 24.7 Å². The molecule has 2 fully saturated rings. The van der Waals surface area contributed by atoms with Crippen molar-refractivity contribution in [3.8, 4) is 0 Å². The molecule has 2 aliphatic rings. The number of carbonyl (C=O) groups excluding carboxylic acids is 2. The molecule has 1 aromatic carbocycles. The topological polar surface area (TPSA) is 49.4 Å².